The lowest BCUT2D eigenvalue weighted by Crippen LogP contribution is -2.48. The van der Waals surface area contributed by atoms with E-state index in [4.69, 9.17) is 10.5 Å². The second kappa shape index (κ2) is 7.50. The second-order valence-corrected chi connectivity index (χ2v) is 8.40. The lowest BCUT2D eigenvalue weighted by Gasteiger charge is -2.33. The monoisotopic (exact) mass is 388 g/mol. The zero-order valence-electron chi connectivity index (χ0n) is 14.8. The number of carbonyl (C=O) groups is 2. The molecule has 2 aromatic rings. The van der Waals surface area contributed by atoms with E-state index in [0.29, 0.717) is 11.1 Å². The molecule has 0 fully saturated rings. The van der Waals surface area contributed by atoms with Crippen molar-refractivity contribution < 1.29 is 22.7 Å². The van der Waals surface area contributed by atoms with Crippen molar-refractivity contribution in [1.29, 1.82) is 0 Å². The highest BCUT2D eigenvalue weighted by Crippen LogP contribution is 2.26. The molecular formula is C19H20N2O5S. The van der Waals surface area contributed by atoms with Gasteiger partial charge in [-0.05, 0) is 28.8 Å². The quantitative estimate of drug-likeness (QED) is 0.775. The lowest BCUT2D eigenvalue weighted by atomic mass is 9.96. The molecule has 0 spiro atoms. The Morgan fingerprint density at radius 3 is 2.33 bits per heavy atom. The zero-order chi connectivity index (χ0) is 19.6. The average Bonchev–Trinajstić information content (AvgIpc) is 2.64. The van der Waals surface area contributed by atoms with E-state index in [0.717, 1.165) is 17.4 Å². The number of amides is 1. The van der Waals surface area contributed by atoms with Gasteiger partial charge < -0.3 is 10.5 Å². The van der Waals surface area contributed by atoms with E-state index in [1.54, 1.807) is 24.3 Å². The smallest absolute Gasteiger partial charge is 0.325 e. The molecule has 1 aliphatic rings. The summed E-state index contributed by atoms with van der Waals surface area (Å²) in [6.07, 6.45) is 1.35. The number of nitrogens with zero attached hydrogens (tertiary/aromatic N) is 1. The molecule has 8 heteroatoms. The van der Waals surface area contributed by atoms with Crippen LogP contribution < -0.4 is 5.73 Å². The molecule has 27 heavy (non-hydrogen) atoms. The molecule has 2 aromatic carbocycles. The van der Waals surface area contributed by atoms with E-state index in [1.165, 1.54) is 4.31 Å². The van der Waals surface area contributed by atoms with Crippen LogP contribution in [-0.2, 0) is 39.1 Å². The number of ether oxygens (including phenoxy) is 1. The lowest BCUT2D eigenvalue weighted by molar-refractivity contribution is -0.150. The number of esters is 1. The maximum atomic E-state index is 12.6. The first-order chi connectivity index (χ1) is 12.8. The summed E-state index contributed by atoms with van der Waals surface area (Å²) in [5.41, 5.74) is 8.05. The van der Waals surface area contributed by atoms with Gasteiger partial charge in [-0.2, -0.15) is 4.31 Å². The van der Waals surface area contributed by atoms with Crippen LogP contribution in [0.15, 0.2) is 48.5 Å². The van der Waals surface area contributed by atoms with Gasteiger partial charge in [0.25, 0.3) is 0 Å². The predicted molar refractivity (Wildman–Crippen MR) is 99.1 cm³/mol. The summed E-state index contributed by atoms with van der Waals surface area (Å²) in [6, 6.07) is 12.9. The van der Waals surface area contributed by atoms with Crippen LogP contribution in [0.3, 0.4) is 0 Å². The third-order valence-corrected chi connectivity index (χ3v) is 5.76. The molecule has 0 unspecified atom stereocenters. The molecule has 1 amide bonds. The van der Waals surface area contributed by atoms with Gasteiger partial charge in [-0.3, -0.25) is 9.59 Å². The van der Waals surface area contributed by atoms with Gasteiger partial charge in [0, 0.05) is 18.5 Å². The molecule has 0 bridgehead atoms. The molecule has 1 aliphatic heterocycles. The Labute approximate surface area is 157 Å². The molecule has 1 atom stereocenters. The first kappa shape index (κ1) is 19.1. The predicted octanol–water partition coefficient (Wildman–Crippen LogP) is 1.22. The van der Waals surface area contributed by atoms with Gasteiger partial charge in [0.05, 0.1) is 6.26 Å². The van der Waals surface area contributed by atoms with Crippen molar-refractivity contribution in [3.63, 3.8) is 0 Å². The largest absolute Gasteiger partial charge is 0.460 e. The van der Waals surface area contributed by atoms with E-state index in [1.807, 2.05) is 24.3 Å². The van der Waals surface area contributed by atoms with Crippen LogP contribution >= 0.6 is 0 Å². The van der Waals surface area contributed by atoms with Crippen molar-refractivity contribution in [3.05, 3.63) is 70.8 Å². The Morgan fingerprint density at radius 1 is 1.11 bits per heavy atom. The van der Waals surface area contributed by atoms with Gasteiger partial charge in [0.2, 0.25) is 15.9 Å². The number of fused-ring (bicyclic) bond motifs is 1. The molecule has 7 nitrogen and oxygen atoms in total. The van der Waals surface area contributed by atoms with Crippen LogP contribution in [0, 0.1) is 0 Å². The normalized spacial score (nSPS) is 17.1. The van der Waals surface area contributed by atoms with E-state index in [-0.39, 0.29) is 19.6 Å². The molecule has 142 valence electrons. The fourth-order valence-corrected chi connectivity index (χ4v) is 4.06. The van der Waals surface area contributed by atoms with Crippen molar-refractivity contribution in [1.82, 2.24) is 4.31 Å². The summed E-state index contributed by atoms with van der Waals surface area (Å²) in [5, 5.41) is 0. The fourth-order valence-electron chi connectivity index (χ4n) is 3.06. The molecule has 0 radical (unpaired) electrons. The molecule has 2 N–H and O–H groups in total. The topological polar surface area (TPSA) is 107 Å². The van der Waals surface area contributed by atoms with Gasteiger partial charge in [-0.15, -0.1) is 0 Å². The number of hydrogen-bond donors (Lipinski definition) is 1. The average molecular weight is 388 g/mol. The summed E-state index contributed by atoms with van der Waals surface area (Å²) in [6.45, 7) is 0.121. The summed E-state index contributed by atoms with van der Waals surface area (Å²) in [4.78, 5) is 23.7. The Balaban J connectivity index is 1.74. The third-order valence-electron chi connectivity index (χ3n) is 4.52. The standard InChI is InChI=1S/C19H20N2O5S/c1-27(24,25)21-11-16-5-3-2-4-15(16)10-17(21)19(23)26-12-13-6-8-14(9-7-13)18(20)22/h2-9,17H,10-12H2,1H3,(H2,20,22)/t17-/m1/s1. The molecule has 1 heterocycles. The number of carbonyl (C=O) groups excluding carboxylic acids is 2. The third kappa shape index (κ3) is 4.35. The minimum absolute atomic E-state index is 0.0202. The van der Waals surface area contributed by atoms with Gasteiger partial charge >= 0.3 is 5.97 Å². The molecular weight excluding hydrogens is 368 g/mol. The first-order valence-electron chi connectivity index (χ1n) is 8.34. The Morgan fingerprint density at radius 2 is 1.74 bits per heavy atom. The summed E-state index contributed by atoms with van der Waals surface area (Å²) >= 11 is 0. The fraction of sp³-hybridized carbons (Fsp3) is 0.263. The van der Waals surface area contributed by atoms with E-state index >= 15 is 0 Å². The highest BCUT2D eigenvalue weighted by Gasteiger charge is 2.37. The van der Waals surface area contributed by atoms with Crippen LogP contribution in [0.2, 0.25) is 0 Å². The molecule has 0 saturated heterocycles. The van der Waals surface area contributed by atoms with E-state index in [9.17, 15) is 18.0 Å². The number of rotatable bonds is 5. The maximum absolute atomic E-state index is 12.6. The summed E-state index contributed by atoms with van der Waals surface area (Å²) in [5.74, 6) is -1.14. The van der Waals surface area contributed by atoms with Gasteiger partial charge in [-0.1, -0.05) is 36.4 Å². The van der Waals surface area contributed by atoms with Gasteiger partial charge in [-0.25, -0.2) is 8.42 Å². The van der Waals surface area contributed by atoms with Crippen LogP contribution in [0.5, 0.6) is 0 Å². The highest BCUT2D eigenvalue weighted by atomic mass is 32.2. The van der Waals surface area contributed by atoms with E-state index < -0.39 is 27.9 Å². The number of hydrogen-bond acceptors (Lipinski definition) is 5. The van der Waals surface area contributed by atoms with Gasteiger partial charge in [0.1, 0.15) is 12.6 Å². The minimum atomic E-state index is -3.58. The van der Waals surface area contributed by atoms with Gasteiger partial charge in [0.15, 0.2) is 0 Å². The highest BCUT2D eigenvalue weighted by molar-refractivity contribution is 7.88. The number of nitrogens with two attached hydrogens (primary N) is 1. The van der Waals surface area contributed by atoms with Crippen molar-refractivity contribution >= 4 is 21.9 Å². The van der Waals surface area contributed by atoms with Crippen LogP contribution in [-0.4, -0.2) is 36.9 Å². The summed E-state index contributed by atoms with van der Waals surface area (Å²) in [7, 11) is -3.58. The van der Waals surface area contributed by atoms with E-state index in [2.05, 4.69) is 0 Å². The molecule has 0 aromatic heterocycles. The molecule has 3 rings (SSSR count). The Kier molecular flexibility index (Phi) is 5.29. The Hall–Kier alpha value is -2.71. The van der Waals surface area contributed by atoms with Crippen molar-refractivity contribution in [2.24, 2.45) is 5.73 Å². The molecule has 0 aliphatic carbocycles. The van der Waals surface area contributed by atoms with Crippen molar-refractivity contribution in [3.8, 4) is 0 Å². The summed E-state index contributed by atoms with van der Waals surface area (Å²) < 4.78 is 30.8. The maximum Gasteiger partial charge on any atom is 0.325 e. The van der Waals surface area contributed by atoms with Crippen LogP contribution in [0.25, 0.3) is 0 Å². The zero-order valence-corrected chi connectivity index (χ0v) is 15.6. The second-order valence-electron chi connectivity index (χ2n) is 6.47. The Bertz CT molecular complexity index is 970. The number of primary amides is 1. The number of sulfonamides is 1. The van der Waals surface area contributed by atoms with Crippen LogP contribution in [0.1, 0.15) is 27.0 Å². The number of benzene rings is 2. The van der Waals surface area contributed by atoms with Crippen molar-refractivity contribution in [2.45, 2.75) is 25.6 Å². The molecule has 0 saturated carbocycles. The minimum Gasteiger partial charge on any atom is -0.460 e. The van der Waals surface area contributed by atoms with Crippen LogP contribution in [0.4, 0.5) is 0 Å². The SMILES string of the molecule is CS(=O)(=O)N1Cc2ccccc2C[C@@H]1C(=O)OCc1ccc(C(N)=O)cc1. The van der Waals surface area contributed by atoms with Crippen molar-refractivity contribution in [2.75, 3.05) is 6.26 Å². The first-order valence-corrected chi connectivity index (χ1v) is 10.2.